The standard InChI is InChI=1S/C25H30N2/c1-17-9-8-10-24(22-13-11-20(26(4)5)15-18(22)2)25(17)23-14-12-21(27(6)7)16-19(23)3/h8-16H,1-7H3. The summed E-state index contributed by atoms with van der Waals surface area (Å²) >= 11 is 0. The van der Waals surface area contributed by atoms with E-state index in [0.29, 0.717) is 0 Å². The lowest BCUT2D eigenvalue weighted by Crippen LogP contribution is -2.09. The maximum absolute atomic E-state index is 2.27. The van der Waals surface area contributed by atoms with Crippen molar-refractivity contribution in [3.8, 4) is 22.3 Å². The summed E-state index contributed by atoms with van der Waals surface area (Å²) in [6.07, 6.45) is 0. The van der Waals surface area contributed by atoms with E-state index in [1.54, 1.807) is 0 Å². The Morgan fingerprint density at radius 3 is 1.52 bits per heavy atom. The first kappa shape index (κ1) is 19.0. The second-order valence-corrected chi connectivity index (χ2v) is 7.78. The lowest BCUT2D eigenvalue weighted by Gasteiger charge is -2.20. The molecular formula is C25H30N2. The minimum Gasteiger partial charge on any atom is -0.378 e. The SMILES string of the molecule is Cc1cc(N(C)C)ccc1-c1cccc(C)c1-c1ccc(N(C)C)cc1C. The topological polar surface area (TPSA) is 6.48 Å². The van der Waals surface area contributed by atoms with E-state index in [9.17, 15) is 0 Å². The smallest absolute Gasteiger partial charge is 0.0364 e. The van der Waals surface area contributed by atoms with E-state index in [0.717, 1.165) is 0 Å². The molecule has 0 heterocycles. The van der Waals surface area contributed by atoms with Crippen LogP contribution in [0.5, 0.6) is 0 Å². The molecule has 0 fully saturated rings. The van der Waals surface area contributed by atoms with Gasteiger partial charge in [-0.05, 0) is 84.0 Å². The van der Waals surface area contributed by atoms with Gasteiger partial charge in [0.2, 0.25) is 0 Å². The Hall–Kier alpha value is -2.74. The Balaban J connectivity index is 2.20. The molecule has 0 atom stereocenters. The van der Waals surface area contributed by atoms with E-state index in [2.05, 4.69) is 113 Å². The van der Waals surface area contributed by atoms with Gasteiger partial charge in [0.05, 0.1) is 0 Å². The van der Waals surface area contributed by atoms with Crippen molar-refractivity contribution in [1.82, 2.24) is 0 Å². The normalized spacial score (nSPS) is 10.8. The highest BCUT2D eigenvalue weighted by Gasteiger charge is 2.15. The molecule has 0 bridgehead atoms. The molecule has 3 aromatic rings. The minimum atomic E-state index is 1.23. The summed E-state index contributed by atoms with van der Waals surface area (Å²) in [5.41, 5.74) is 11.6. The molecule has 0 N–H and O–H groups in total. The molecule has 27 heavy (non-hydrogen) atoms. The van der Waals surface area contributed by atoms with Crippen LogP contribution < -0.4 is 9.80 Å². The van der Waals surface area contributed by atoms with Gasteiger partial charge in [-0.1, -0.05) is 30.3 Å². The molecular weight excluding hydrogens is 328 g/mol. The van der Waals surface area contributed by atoms with Gasteiger partial charge in [-0.25, -0.2) is 0 Å². The van der Waals surface area contributed by atoms with E-state index >= 15 is 0 Å². The van der Waals surface area contributed by atoms with Crippen molar-refractivity contribution in [3.05, 3.63) is 71.3 Å². The van der Waals surface area contributed by atoms with Gasteiger partial charge < -0.3 is 9.80 Å². The fourth-order valence-electron chi connectivity index (χ4n) is 3.68. The average Bonchev–Trinajstić information content (AvgIpc) is 2.61. The van der Waals surface area contributed by atoms with Gasteiger partial charge in [-0.2, -0.15) is 0 Å². The molecule has 2 heteroatoms. The first-order chi connectivity index (χ1) is 12.8. The van der Waals surface area contributed by atoms with Gasteiger partial charge in [0.25, 0.3) is 0 Å². The molecule has 140 valence electrons. The molecule has 0 aliphatic rings. The van der Waals surface area contributed by atoms with Crippen molar-refractivity contribution in [3.63, 3.8) is 0 Å². The number of hydrogen-bond acceptors (Lipinski definition) is 2. The molecule has 0 unspecified atom stereocenters. The minimum absolute atomic E-state index is 1.23. The Kier molecular flexibility index (Phi) is 5.27. The Morgan fingerprint density at radius 1 is 0.519 bits per heavy atom. The van der Waals surface area contributed by atoms with E-state index in [1.807, 2.05) is 0 Å². The summed E-state index contributed by atoms with van der Waals surface area (Å²) in [7, 11) is 8.34. The second kappa shape index (κ2) is 7.48. The molecule has 0 spiro atoms. The Bertz CT molecular complexity index is 968. The fraction of sp³-hybridized carbons (Fsp3) is 0.280. The quantitative estimate of drug-likeness (QED) is 0.558. The number of hydrogen-bond donors (Lipinski definition) is 0. The monoisotopic (exact) mass is 358 g/mol. The first-order valence-electron chi connectivity index (χ1n) is 9.46. The fourth-order valence-corrected chi connectivity index (χ4v) is 3.68. The van der Waals surface area contributed by atoms with Crippen molar-refractivity contribution in [2.24, 2.45) is 0 Å². The van der Waals surface area contributed by atoms with E-state index in [4.69, 9.17) is 0 Å². The van der Waals surface area contributed by atoms with Gasteiger partial charge >= 0.3 is 0 Å². The van der Waals surface area contributed by atoms with Gasteiger partial charge in [-0.15, -0.1) is 0 Å². The lowest BCUT2D eigenvalue weighted by atomic mass is 9.87. The van der Waals surface area contributed by atoms with Crippen LogP contribution in [0.2, 0.25) is 0 Å². The van der Waals surface area contributed by atoms with Crippen molar-refractivity contribution in [1.29, 1.82) is 0 Å². The average molecular weight is 359 g/mol. The van der Waals surface area contributed by atoms with Crippen LogP contribution in [0, 0.1) is 20.8 Å². The highest BCUT2D eigenvalue weighted by molar-refractivity contribution is 5.89. The van der Waals surface area contributed by atoms with Gasteiger partial charge in [0, 0.05) is 39.6 Å². The number of aryl methyl sites for hydroxylation is 3. The van der Waals surface area contributed by atoms with Crippen LogP contribution in [0.4, 0.5) is 11.4 Å². The molecule has 3 aromatic carbocycles. The van der Waals surface area contributed by atoms with Crippen molar-refractivity contribution in [2.45, 2.75) is 20.8 Å². The molecule has 2 nitrogen and oxygen atoms in total. The summed E-state index contributed by atoms with van der Waals surface area (Å²) in [5.74, 6) is 0. The highest BCUT2D eigenvalue weighted by Crippen LogP contribution is 2.39. The van der Waals surface area contributed by atoms with Crippen molar-refractivity contribution in [2.75, 3.05) is 38.0 Å². The molecule has 0 saturated heterocycles. The lowest BCUT2D eigenvalue weighted by molar-refractivity contribution is 1.13. The summed E-state index contributed by atoms with van der Waals surface area (Å²) in [5, 5.41) is 0. The molecule has 0 aliphatic heterocycles. The number of nitrogens with zero attached hydrogens (tertiary/aromatic N) is 2. The van der Waals surface area contributed by atoms with Crippen LogP contribution in [0.25, 0.3) is 22.3 Å². The Labute approximate surface area is 164 Å². The summed E-state index contributed by atoms with van der Waals surface area (Å²) in [4.78, 5) is 4.30. The third kappa shape index (κ3) is 3.71. The molecule has 0 aromatic heterocycles. The largest absolute Gasteiger partial charge is 0.378 e. The van der Waals surface area contributed by atoms with Gasteiger partial charge in [0.15, 0.2) is 0 Å². The van der Waals surface area contributed by atoms with E-state index < -0.39 is 0 Å². The highest BCUT2D eigenvalue weighted by atomic mass is 15.1. The number of rotatable bonds is 4. The third-order valence-corrected chi connectivity index (χ3v) is 5.29. The summed E-state index contributed by atoms with van der Waals surface area (Å²) in [6, 6.07) is 20.1. The number of anilines is 2. The summed E-state index contributed by atoms with van der Waals surface area (Å²) < 4.78 is 0. The van der Waals surface area contributed by atoms with Crippen LogP contribution in [-0.4, -0.2) is 28.2 Å². The van der Waals surface area contributed by atoms with Crippen LogP contribution >= 0.6 is 0 Å². The second-order valence-electron chi connectivity index (χ2n) is 7.78. The van der Waals surface area contributed by atoms with Crippen LogP contribution in [0.3, 0.4) is 0 Å². The van der Waals surface area contributed by atoms with Gasteiger partial charge in [0.1, 0.15) is 0 Å². The van der Waals surface area contributed by atoms with Gasteiger partial charge in [-0.3, -0.25) is 0 Å². The molecule has 0 amide bonds. The van der Waals surface area contributed by atoms with Crippen LogP contribution in [0.1, 0.15) is 16.7 Å². The third-order valence-electron chi connectivity index (χ3n) is 5.29. The maximum atomic E-state index is 2.27. The maximum Gasteiger partial charge on any atom is 0.0364 e. The van der Waals surface area contributed by atoms with Crippen LogP contribution in [0.15, 0.2) is 54.6 Å². The van der Waals surface area contributed by atoms with Crippen molar-refractivity contribution < 1.29 is 0 Å². The first-order valence-corrected chi connectivity index (χ1v) is 9.46. The zero-order chi connectivity index (χ0) is 19.7. The number of benzene rings is 3. The Morgan fingerprint density at radius 2 is 1.04 bits per heavy atom. The zero-order valence-electron chi connectivity index (χ0n) is 17.6. The predicted molar refractivity (Wildman–Crippen MR) is 120 cm³/mol. The molecule has 0 radical (unpaired) electrons. The predicted octanol–water partition coefficient (Wildman–Crippen LogP) is 6.08. The van der Waals surface area contributed by atoms with E-state index in [1.165, 1.54) is 50.3 Å². The van der Waals surface area contributed by atoms with Crippen LogP contribution in [-0.2, 0) is 0 Å². The molecule has 0 aliphatic carbocycles. The molecule has 0 saturated carbocycles. The summed E-state index contributed by atoms with van der Waals surface area (Å²) in [6.45, 7) is 6.62. The van der Waals surface area contributed by atoms with E-state index in [-0.39, 0.29) is 0 Å². The van der Waals surface area contributed by atoms with Crippen molar-refractivity contribution >= 4 is 11.4 Å². The molecule has 3 rings (SSSR count). The zero-order valence-corrected chi connectivity index (χ0v) is 17.6.